The van der Waals surface area contributed by atoms with E-state index in [4.69, 9.17) is 10.5 Å². The number of hydrogen-bond acceptors (Lipinski definition) is 5. The average Bonchev–Trinajstić information content (AvgIpc) is 2.58. The molecule has 3 rings (SSSR count). The van der Waals surface area contributed by atoms with Crippen LogP contribution in [0.4, 0.5) is 14.6 Å². The van der Waals surface area contributed by atoms with Crippen molar-refractivity contribution in [2.24, 2.45) is 0 Å². The van der Waals surface area contributed by atoms with Gasteiger partial charge in [-0.3, -0.25) is 4.98 Å². The molecule has 0 bridgehead atoms. The van der Waals surface area contributed by atoms with Crippen LogP contribution < -0.4 is 5.73 Å². The maximum Gasteiger partial charge on any atom is 0.338 e. The van der Waals surface area contributed by atoms with Crippen molar-refractivity contribution in [2.45, 2.75) is 37.2 Å². The van der Waals surface area contributed by atoms with Crippen LogP contribution in [0.15, 0.2) is 42.7 Å². The van der Waals surface area contributed by atoms with Gasteiger partial charge < -0.3 is 10.5 Å². The van der Waals surface area contributed by atoms with Gasteiger partial charge in [-0.25, -0.2) is 18.6 Å². The fourth-order valence-corrected chi connectivity index (χ4v) is 2.85. The molecule has 1 saturated carbocycles. The highest BCUT2D eigenvalue weighted by Gasteiger charge is 2.48. The third-order valence-electron chi connectivity index (χ3n) is 4.14. The van der Waals surface area contributed by atoms with Gasteiger partial charge in [0.25, 0.3) is 5.92 Å². The minimum Gasteiger partial charge on any atom is -0.452 e. The predicted octanol–water partition coefficient (Wildman–Crippen LogP) is 3.19. The van der Waals surface area contributed by atoms with E-state index in [1.54, 1.807) is 18.2 Å². The largest absolute Gasteiger partial charge is 0.452 e. The van der Waals surface area contributed by atoms with Crippen LogP contribution in [0.25, 0.3) is 0 Å². The molecule has 0 spiro atoms. The number of benzene rings is 1. The van der Waals surface area contributed by atoms with E-state index in [0.29, 0.717) is 12.1 Å². The lowest BCUT2D eigenvalue weighted by Crippen LogP contribution is -2.42. The van der Waals surface area contributed by atoms with E-state index >= 15 is 0 Å². The van der Waals surface area contributed by atoms with Crippen LogP contribution in [0.1, 0.15) is 41.2 Å². The third-order valence-corrected chi connectivity index (χ3v) is 4.14. The molecule has 0 aliphatic heterocycles. The first kappa shape index (κ1) is 16.3. The lowest BCUT2D eigenvalue weighted by molar-refractivity contribution is -0.140. The summed E-state index contributed by atoms with van der Waals surface area (Å²) in [6.07, 6.45) is 1.44. The number of carbonyl (C=O) groups excluding carboxylic acids is 1. The second kappa shape index (κ2) is 6.51. The first-order chi connectivity index (χ1) is 11.5. The summed E-state index contributed by atoms with van der Waals surface area (Å²) < 4.78 is 33.9. The molecule has 2 aromatic rings. The Morgan fingerprint density at radius 1 is 1.17 bits per heavy atom. The maximum atomic E-state index is 14.4. The number of anilines is 1. The molecule has 24 heavy (non-hydrogen) atoms. The predicted molar refractivity (Wildman–Crippen MR) is 83.6 cm³/mol. The standard InChI is InChI=1S/C17H17F2N3O2/c18-17(19)8-12(13-9-22-15(20)10-21-13)6-7-14(17)24-16(23)11-4-2-1-3-5-11/h1-5,9-10,12,14H,6-8H2,(H2,20,22)/t12?,14-/m1/s1. The Balaban J connectivity index is 1.68. The van der Waals surface area contributed by atoms with Crippen molar-refractivity contribution in [3.8, 4) is 0 Å². The second-order valence-electron chi connectivity index (χ2n) is 5.87. The molecule has 7 heteroatoms. The molecule has 126 valence electrons. The van der Waals surface area contributed by atoms with Gasteiger partial charge >= 0.3 is 5.97 Å². The van der Waals surface area contributed by atoms with Crippen LogP contribution in [0.2, 0.25) is 0 Å². The molecule has 0 saturated heterocycles. The molecule has 1 heterocycles. The molecule has 1 aliphatic rings. The molecule has 1 unspecified atom stereocenters. The minimum atomic E-state index is -3.11. The van der Waals surface area contributed by atoms with Gasteiger partial charge in [-0.2, -0.15) is 0 Å². The van der Waals surface area contributed by atoms with Gasteiger partial charge in [0.05, 0.1) is 23.7 Å². The number of ether oxygens (including phenoxy) is 1. The van der Waals surface area contributed by atoms with Crippen LogP contribution in [0.5, 0.6) is 0 Å². The first-order valence-electron chi connectivity index (χ1n) is 7.67. The Kier molecular flexibility index (Phi) is 4.42. The number of hydrogen-bond donors (Lipinski definition) is 1. The quantitative estimate of drug-likeness (QED) is 0.873. The zero-order chi connectivity index (χ0) is 17.2. The number of aromatic nitrogens is 2. The van der Waals surface area contributed by atoms with Gasteiger partial charge in [0, 0.05) is 12.3 Å². The lowest BCUT2D eigenvalue weighted by atomic mass is 9.82. The van der Waals surface area contributed by atoms with Gasteiger partial charge in [0.1, 0.15) is 5.82 Å². The topological polar surface area (TPSA) is 78.1 Å². The number of nitrogen functional groups attached to an aromatic ring is 1. The van der Waals surface area contributed by atoms with Crippen molar-refractivity contribution in [3.63, 3.8) is 0 Å². The molecule has 1 aromatic carbocycles. The molecule has 2 atom stereocenters. The number of nitrogens with zero attached hydrogens (tertiary/aromatic N) is 2. The van der Waals surface area contributed by atoms with Crippen LogP contribution in [0.3, 0.4) is 0 Å². The highest BCUT2D eigenvalue weighted by atomic mass is 19.3. The van der Waals surface area contributed by atoms with Crippen LogP contribution in [-0.4, -0.2) is 28.0 Å². The number of nitrogens with two attached hydrogens (primary N) is 1. The summed E-state index contributed by atoms with van der Waals surface area (Å²) in [4.78, 5) is 20.0. The van der Waals surface area contributed by atoms with Gasteiger partial charge in [-0.15, -0.1) is 0 Å². The first-order valence-corrected chi connectivity index (χ1v) is 7.67. The molecule has 1 aliphatic carbocycles. The van der Waals surface area contributed by atoms with E-state index in [9.17, 15) is 13.6 Å². The van der Waals surface area contributed by atoms with Gasteiger partial charge in [0.15, 0.2) is 6.10 Å². The van der Waals surface area contributed by atoms with Crippen molar-refractivity contribution in [2.75, 3.05) is 5.73 Å². The maximum absolute atomic E-state index is 14.4. The Labute approximate surface area is 137 Å². The summed E-state index contributed by atoms with van der Waals surface area (Å²) in [5, 5.41) is 0. The number of rotatable bonds is 3. The smallest absolute Gasteiger partial charge is 0.338 e. The molecule has 5 nitrogen and oxygen atoms in total. The normalized spacial score (nSPS) is 22.8. The molecular formula is C17H17F2N3O2. The van der Waals surface area contributed by atoms with Crippen LogP contribution in [-0.2, 0) is 4.74 Å². The fraction of sp³-hybridized carbons (Fsp3) is 0.353. The molecular weight excluding hydrogens is 316 g/mol. The van der Waals surface area contributed by atoms with Crippen molar-refractivity contribution in [3.05, 3.63) is 54.0 Å². The summed E-state index contributed by atoms with van der Waals surface area (Å²) in [7, 11) is 0. The molecule has 0 radical (unpaired) electrons. The zero-order valence-electron chi connectivity index (χ0n) is 12.9. The Bertz CT molecular complexity index is 708. The average molecular weight is 333 g/mol. The van der Waals surface area contributed by atoms with Crippen molar-refractivity contribution >= 4 is 11.8 Å². The molecule has 1 fully saturated rings. The Morgan fingerprint density at radius 3 is 2.54 bits per heavy atom. The van der Waals surface area contributed by atoms with Crippen molar-refractivity contribution in [1.29, 1.82) is 0 Å². The van der Waals surface area contributed by atoms with Gasteiger partial charge in [-0.05, 0) is 25.0 Å². The third kappa shape index (κ3) is 3.50. The highest BCUT2D eigenvalue weighted by Crippen LogP contribution is 2.42. The Morgan fingerprint density at radius 2 is 1.92 bits per heavy atom. The number of halogens is 2. The SMILES string of the molecule is Nc1cnc(C2CC[C@@H](OC(=O)c3ccccc3)C(F)(F)C2)cn1. The summed E-state index contributed by atoms with van der Waals surface area (Å²) >= 11 is 0. The van der Waals surface area contributed by atoms with E-state index < -0.39 is 30.3 Å². The number of esters is 1. The number of alkyl halides is 2. The summed E-state index contributed by atoms with van der Waals surface area (Å²) in [5.41, 5.74) is 6.21. The zero-order valence-corrected chi connectivity index (χ0v) is 12.9. The number of carbonyl (C=O) groups is 1. The summed E-state index contributed by atoms with van der Waals surface area (Å²) in [6, 6.07) is 8.13. The van der Waals surface area contributed by atoms with Crippen LogP contribution in [0, 0.1) is 0 Å². The van der Waals surface area contributed by atoms with Crippen molar-refractivity contribution in [1.82, 2.24) is 9.97 Å². The minimum absolute atomic E-state index is 0.0717. The molecule has 0 amide bonds. The molecule has 1 aromatic heterocycles. The van der Waals surface area contributed by atoms with Gasteiger partial charge in [0.2, 0.25) is 0 Å². The van der Waals surface area contributed by atoms with E-state index in [2.05, 4.69) is 9.97 Å². The Hall–Kier alpha value is -2.57. The highest BCUT2D eigenvalue weighted by molar-refractivity contribution is 5.89. The molecule has 2 N–H and O–H groups in total. The van der Waals surface area contributed by atoms with Crippen LogP contribution >= 0.6 is 0 Å². The summed E-state index contributed by atoms with van der Waals surface area (Å²) in [5.74, 6) is -4.03. The fourth-order valence-electron chi connectivity index (χ4n) is 2.85. The van der Waals surface area contributed by atoms with E-state index in [-0.39, 0.29) is 17.8 Å². The van der Waals surface area contributed by atoms with E-state index in [0.717, 1.165) is 0 Å². The monoisotopic (exact) mass is 333 g/mol. The summed E-state index contributed by atoms with van der Waals surface area (Å²) in [6.45, 7) is 0. The second-order valence-corrected chi connectivity index (χ2v) is 5.87. The van der Waals surface area contributed by atoms with E-state index in [1.807, 2.05) is 0 Å². The van der Waals surface area contributed by atoms with Crippen molar-refractivity contribution < 1.29 is 18.3 Å². The lowest BCUT2D eigenvalue weighted by Gasteiger charge is -2.35. The van der Waals surface area contributed by atoms with Gasteiger partial charge in [-0.1, -0.05) is 18.2 Å². The van der Waals surface area contributed by atoms with E-state index in [1.165, 1.54) is 24.5 Å².